The highest BCUT2D eigenvalue weighted by Gasteiger charge is 2.37. The zero-order valence-electron chi connectivity index (χ0n) is 15.0. The lowest BCUT2D eigenvalue weighted by atomic mass is 10.2. The van der Waals surface area contributed by atoms with Gasteiger partial charge in [-0.1, -0.05) is 6.08 Å². The van der Waals surface area contributed by atoms with Crippen molar-refractivity contribution in [3.8, 4) is 5.88 Å². The van der Waals surface area contributed by atoms with Gasteiger partial charge in [-0.05, 0) is 18.3 Å². The van der Waals surface area contributed by atoms with E-state index in [0.29, 0.717) is 18.4 Å². The first-order valence-electron chi connectivity index (χ1n) is 8.36. The van der Waals surface area contributed by atoms with Gasteiger partial charge in [0.1, 0.15) is 5.69 Å². The van der Waals surface area contributed by atoms with Gasteiger partial charge in [0.25, 0.3) is 5.56 Å². The maximum absolute atomic E-state index is 13.0. The van der Waals surface area contributed by atoms with Gasteiger partial charge >= 0.3 is 6.18 Å². The topological polar surface area (TPSA) is 74.0 Å². The van der Waals surface area contributed by atoms with E-state index in [1.807, 2.05) is 6.08 Å². The molecule has 0 spiro atoms. The number of nitrogens with one attached hydrogen (secondary N) is 1. The van der Waals surface area contributed by atoms with Gasteiger partial charge in [-0.25, -0.2) is 4.68 Å². The number of allylic oxidation sites excluding steroid dienone is 1. The summed E-state index contributed by atoms with van der Waals surface area (Å²) >= 11 is 0. The predicted molar refractivity (Wildman–Crippen MR) is 92.3 cm³/mol. The van der Waals surface area contributed by atoms with Gasteiger partial charge in [-0.15, -0.1) is 11.7 Å². The Morgan fingerprint density at radius 2 is 2.15 bits per heavy atom. The van der Waals surface area contributed by atoms with E-state index >= 15 is 0 Å². The molecule has 1 N–H and O–H groups in total. The van der Waals surface area contributed by atoms with Gasteiger partial charge in [-0.2, -0.15) is 18.3 Å². The van der Waals surface area contributed by atoms with E-state index in [4.69, 9.17) is 4.74 Å². The van der Waals surface area contributed by atoms with Gasteiger partial charge in [-0.3, -0.25) is 9.48 Å². The molecule has 0 amide bonds. The molecule has 2 atom stereocenters. The van der Waals surface area contributed by atoms with Gasteiger partial charge < -0.3 is 10.1 Å². The Labute approximate surface area is 153 Å². The normalized spacial score (nSPS) is 19.0. The highest BCUT2D eigenvalue weighted by atomic mass is 19.4. The molecular formula is C17H20F3N5O2. The molecule has 0 radical (unpaired) electrons. The molecule has 7 nitrogen and oxygen atoms in total. The maximum Gasteiger partial charge on any atom is 0.435 e. The van der Waals surface area contributed by atoms with E-state index in [0.717, 1.165) is 15.8 Å². The highest BCUT2D eigenvalue weighted by Crippen LogP contribution is 2.39. The minimum absolute atomic E-state index is 0.0573. The lowest BCUT2D eigenvalue weighted by Gasteiger charge is -2.11. The predicted octanol–water partition coefficient (Wildman–Crippen LogP) is 2.35. The van der Waals surface area contributed by atoms with Crippen LogP contribution in [0.4, 0.5) is 18.9 Å². The summed E-state index contributed by atoms with van der Waals surface area (Å²) in [4.78, 5) is 12.2. The lowest BCUT2D eigenvalue weighted by molar-refractivity contribution is -0.142. The van der Waals surface area contributed by atoms with Crippen molar-refractivity contribution in [2.75, 3.05) is 11.9 Å². The second-order valence-corrected chi connectivity index (χ2v) is 6.56. The van der Waals surface area contributed by atoms with Gasteiger partial charge in [0, 0.05) is 38.5 Å². The molecular weight excluding hydrogens is 363 g/mol. The van der Waals surface area contributed by atoms with Crippen LogP contribution in [0.3, 0.4) is 0 Å². The molecule has 1 saturated carbocycles. The zero-order valence-corrected chi connectivity index (χ0v) is 15.0. The number of anilines is 1. The van der Waals surface area contributed by atoms with Crippen molar-refractivity contribution in [2.45, 2.75) is 19.1 Å². The monoisotopic (exact) mass is 383 g/mol. The van der Waals surface area contributed by atoms with Crippen LogP contribution >= 0.6 is 0 Å². The molecule has 1 fully saturated rings. The van der Waals surface area contributed by atoms with E-state index < -0.39 is 17.4 Å². The number of nitrogens with zero attached hydrogens (tertiary/aromatic N) is 4. The number of hydrogen-bond acceptors (Lipinski definition) is 5. The number of rotatable bonds is 7. The Balaban J connectivity index is 1.73. The third-order valence-electron chi connectivity index (χ3n) is 4.41. The van der Waals surface area contributed by atoms with Crippen molar-refractivity contribution in [2.24, 2.45) is 25.9 Å². The summed E-state index contributed by atoms with van der Waals surface area (Å²) in [6.45, 7) is 3.97. The summed E-state index contributed by atoms with van der Waals surface area (Å²) in [5.74, 6) is 1.04. The van der Waals surface area contributed by atoms with Crippen LogP contribution in [-0.2, 0) is 26.8 Å². The zero-order chi connectivity index (χ0) is 19.8. The van der Waals surface area contributed by atoms with Crippen molar-refractivity contribution in [1.82, 2.24) is 19.6 Å². The second kappa shape index (κ2) is 7.09. The highest BCUT2D eigenvalue weighted by molar-refractivity contribution is 5.44. The number of aryl methyl sites for hydroxylation is 2. The Morgan fingerprint density at radius 1 is 1.41 bits per heavy atom. The number of halogens is 3. The van der Waals surface area contributed by atoms with Crippen molar-refractivity contribution in [1.29, 1.82) is 0 Å². The van der Waals surface area contributed by atoms with Crippen molar-refractivity contribution < 1.29 is 17.9 Å². The fourth-order valence-corrected chi connectivity index (χ4v) is 2.82. The molecule has 1 aliphatic rings. The van der Waals surface area contributed by atoms with Gasteiger partial charge in [0.05, 0.1) is 6.61 Å². The summed E-state index contributed by atoms with van der Waals surface area (Å²) < 4.78 is 46.9. The minimum Gasteiger partial charge on any atom is -0.476 e. The molecule has 10 heteroatoms. The summed E-state index contributed by atoms with van der Waals surface area (Å²) in [6, 6.07) is 1.40. The summed E-state index contributed by atoms with van der Waals surface area (Å²) in [5.41, 5.74) is -1.40. The molecule has 0 aromatic carbocycles. The average molecular weight is 383 g/mol. The van der Waals surface area contributed by atoms with Crippen LogP contribution in [0.25, 0.3) is 0 Å². The van der Waals surface area contributed by atoms with Crippen LogP contribution in [0.15, 0.2) is 29.7 Å². The van der Waals surface area contributed by atoms with Crippen LogP contribution in [-0.4, -0.2) is 26.2 Å². The van der Waals surface area contributed by atoms with E-state index in [1.165, 1.54) is 26.4 Å². The molecule has 2 heterocycles. The minimum atomic E-state index is -4.57. The van der Waals surface area contributed by atoms with E-state index in [1.54, 1.807) is 0 Å². The third kappa shape index (κ3) is 4.32. The standard InChI is InChI=1S/C17H20F3N5O2/c1-4-10-5-11(10)9-27-14-6-13(16(26)25(3)22-14)21-7-12-8-24(2)23-15(12)17(18,19)20/h4,6,8,10-11,21H,1,5,7,9H2,2-3H3. The summed E-state index contributed by atoms with van der Waals surface area (Å²) in [7, 11) is 2.86. The Bertz CT molecular complexity index is 903. The lowest BCUT2D eigenvalue weighted by Crippen LogP contribution is -2.24. The number of hydrogen-bond donors (Lipinski definition) is 1. The second-order valence-electron chi connectivity index (χ2n) is 6.56. The number of ether oxygens (including phenoxy) is 1. The molecule has 1 aliphatic carbocycles. The largest absolute Gasteiger partial charge is 0.476 e. The smallest absolute Gasteiger partial charge is 0.435 e. The van der Waals surface area contributed by atoms with E-state index in [-0.39, 0.29) is 23.7 Å². The molecule has 0 saturated heterocycles. The molecule has 2 unspecified atom stereocenters. The first-order chi connectivity index (χ1) is 12.7. The van der Waals surface area contributed by atoms with Gasteiger partial charge in [0.15, 0.2) is 5.69 Å². The Hall–Kier alpha value is -2.78. The molecule has 3 rings (SSSR count). The number of alkyl halides is 3. The first-order valence-corrected chi connectivity index (χ1v) is 8.36. The van der Waals surface area contributed by atoms with Crippen molar-refractivity contribution >= 4 is 5.69 Å². The Morgan fingerprint density at radius 3 is 2.78 bits per heavy atom. The van der Waals surface area contributed by atoms with Crippen LogP contribution in [0, 0.1) is 11.8 Å². The fraction of sp³-hybridized carbons (Fsp3) is 0.471. The van der Waals surface area contributed by atoms with Crippen molar-refractivity contribution in [3.63, 3.8) is 0 Å². The molecule has 0 bridgehead atoms. The maximum atomic E-state index is 13.0. The fourth-order valence-electron chi connectivity index (χ4n) is 2.82. The SMILES string of the molecule is C=CC1CC1COc1cc(NCc2cn(C)nc2C(F)(F)F)c(=O)n(C)n1. The van der Waals surface area contributed by atoms with Crippen molar-refractivity contribution in [3.05, 3.63) is 46.5 Å². The molecule has 2 aromatic heterocycles. The summed E-state index contributed by atoms with van der Waals surface area (Å²) in [6.07, 6.45) is -0.425. The Kier molecular flexibility index (Phi) is 4.99. The van der Waals surface area contributed by atoms with Crippen LogP contribution in [0.1, 0.15) is 17.7 Å². The first kappa shape index (κ1) is 19.0. The van der Waals surface area contributed by atoms with E-state index in [2.05, 4.69) is 22.1 Å². The molecule has 146 valence electrons. The third-order valence-corrected chi connectivity index (χ3v) is 4.41. The van der Waals surface area contributed by atoms with Gasteiger partial charge in [0.2, 0.25) is 5.88 Å². The van der Waals surface area contributed by atoms with Crippen LogP contribution in [0.2, 0.25) is 0 Å². The van der Waals surface area contributed by atoms with E-state index in [9.17, 15) is 18.0 Å². The number of aromatic nitrogens is 4. The van der Waals surface area contributed by atoms with Crippen LogP contribution < -0.4 is 15.6 Å². The van der Waals surface area contributed by atoms with Crippen LogP contribution in [0.5, 0.6) is 5.88 Å². The molecule has 2 aromatic rings. The average Bonchev–Trinajstić information content (AvgIpc) is 3.25. The summed E-state index contributed by atoms with van der Waals surface area (Å²) in [5, 5.41) is 10.2. The molecule has 0 aliphatic heterocycles. The quantitative estimate of drug-likeness (QED) is 0.743. The molecule has 27 heavy (non-hydrogen) atoms.